The number of hydrogen-bond acceptors (Lipinski definition) is 2. The molecule has 0 radical (unpaired) electrons. The SMILES string of the molecule is COc1cccc([C@H]2[C@H](N)C2(C)C)c1. The summed E-state index contributed by atoms with van der Waals surface area (Å²) in [4.78, 5) is 0. The van der Waals surface area contributed by atoms with Crippen LogP contribution in [-0.4, -0.2) is 13.2 Å². The lowest BCUT2D eigenvalue weighted by Gasteiger charge is -2.05. The van der Waals surface area contributed by atoms with Gasteiger partial charge in [-0.3, -0.25) is 0 Å². The van der Waals surface area contributed by atoms with E-state index in [0.29, 0.717) is 5.92 Å². The maximum absolute atomic E-state index is 6.03. The van der Waals surface area contributed by atoms with Crippen LogP contribution in [0.15, 0.2) is 24.3 Å². The lowest BCUT2D eigenvalue weighted by Crippen LogP contribution is -2.06. The van der Waals surface area contributed by atoms with Gasteiger partial charge in [-0.1, -0.05) is 26.0 Å². The Morgan fingerprint density at radius 1 is 1.36 bits per heavy atom. The maximum Gasteiger partial charge on any atom is 0.119 e. The molecule has 2 heteroatoms. The van der Waals surface area contributed by atoms with Gasteiger partial charge < -0.3 is 10.5 Å². The summed E-state index contributed by atoms with van der Waals surface area (Å²) in [7, 11) is 1.69. The molecule has 0 saturated heterocycles. The van der Waals surface area contributed by atoms with Gasteiger partial charge in [-0.05, 0) is 23.1 Å². The third kappa shape index (κ3) is 1.30. The number of rotatable bonds is 2. The molecule has 1 aliphatic rings. The molecule has 1 saturated carbocycles. The highest BCUT2D eigenvalue weighted by molar-refractivity contribution is 5.38. The van der Waals surface area contributed by atoms with Crippen LogP contribution >= 0.6 is 0 Å². The molecule has 76 valence electrons. The van der Waals surface area contributed by atoms with Crippen molar-refractivity contribution in [3.63, 3.8) is 0 Å². The Balaban J connectivity index is 2.26. The van der Waals surface area contributed by atoms with Gasteiger partial charge in [-0.25, -0.2) is 0 Å². The Morgan fingerprint density at radius 3 is 2.50 bits per heavy atom. The van der Waals surface area contributed by atoms with Gasteiger partial charge in [0.25, 0.3) is 0 Å². The van der Waals surface area contributed by atoms with Crippen LogP contribution < -0.4 is 10.5 Å². The highest BCUT2D eigenvalue weighted by atomic mass is 16.5. The highest BCUT2D eigenvalue weighted by Crippen LogP contribution is 2.57. The average molecular weight is 191 g/mol. The average Bonchev–Trinajstić information content (AvgIpc) is 2.66. The third-order valence-electron chi connectivity index (χ3n) is 3.36. The highest BCUT2D eigenvalue weighted by Gasteiger charge is 2.56. The normalized spacial score (nSPS) is 28.6. The lowest BCUT2D eigenvalue weighted by atomic mass is 10.0. The van der Waals surface area contributed by atoms with Gasteiger partial charge in [0.05, 0.1) is 7.11 Å². The minimum absolute atomic E-state index is 0.242. The van der Waals surface area contributed by atoms with E-state index in [1.165, 1.54) is 5.56 Å². The number of nitrogens with two attached hydrogens (primary N) is 1. The van der Waals surface area contributed by atoms with E-state index in [9.17, 15) is 0 Å². The number of methoxy groups -OCH3 is 1. The first kappa shape index (κ1) is 9.53. The summed E-state index contributed by atoms with van der Waals surface area (Å²) in [6, 6.07) is 8.48. The lowest BCUT2D eigenvalue weighted by molar-refractivity contribution is 0.414. The molecule has 2 rings (SSSR count). The van der Waals surface area contributed by atoms with Crippen LogP contribution in [0.25, 0.3) is 0 Å². The molecule has 14 heavy (non-hydrogen) atoms. The zero-order valence-corrected chi connectivity index (χ0v) is 8.95. The number of benzene rings is 1. The van der Waals surface area contributed by atoms with Gasteiger partial charge >= 0.3 is 0 Å². The topological polar surface area (TPSA) is 35.2 Å². The van der Waals surface area contributed by atoms with Crippen LogP contribution in [0.5, 0.6) is 5.75 Å². The van der Waals surface area contributed by atoms with Crippen molar-refractivity contribution in [3.05, 3.63) is 29.8 Å². The van der Waals surface area contributed by atoms with E-state index in [0.717, 1.165) is 5.75 Å². The molecular formula is C12H17NO. The number of hydrogen-bond donors (Lipinski definition) is 1. The molecule has 1 fully saturated rings. The second-order valence-corrected chi connectivity index (χ2v) is 4.60. The fraction of sp³-hybridized carbons (Fsp3) is 0.500. The Morgan fingerprint density at radius 2 is 2.00 bits per heavy atom. The fourth-order valence-electron chi connectivity index (χ4n) is 2.15. The van der Waals surface area contributed by atoms with Crippen molar-refractivity contribution in [1.29, 1.82) is 0 Å². The first-order chi connectivity index (χ1) is 6.57. The third-order valence-corrected chi connectivity index (χ3v) is 3.36. The smallest absolute Gasteiger partial charge is 0.119 e. The van der Waals surface area contributed by atoms with Crippen molar-refractivity contribution in [2.24, 2.45) is 11.1 Å². The first-order valence-corrected chi connectivity index (χ1v) is 4.97. The summed E-state index contributed by atoms with van der Waals surface area (Å²) in [5, 5.41) is 0. The maximum atomic E-state index is 6.03. The van der Waals surface area contributed by atoms with Crippen LogP contribution in [0.2, 0.25) is 0 Å². The summed E-state index contributed by atoms with van der Waals surface area (Å²) in [6.45, 7) is 4.42. The monoisotopic (exact) mass is 191 g/mol. The van der Waals surface area contributed by atoms with Gasteiger partial charge in [0.15, 0.2) is 0 Å². The molecule has 0 aliphatic heterocycles. The molecular weight excluding hydrogens is 174 g/mol. The van der Waals surface area contributed by atoms with Crippen molar-refractivity contribution < 1.29 is 4.74 Å². The molecule has 0 heterocycles. The standard InChI is InChI=1S/C12H17NO/c1-12(2)10(11(12)13)8-5-4-6-9(7-8)14-3/h4-7,10-11H,13H2,1-3H3/t10-,11-/m0/s1. The molecule has 0 aromatic heterocycles. The van der Waals surface area contributed by atoms with Crippen LogP contribution in [0, 0.1) is 5.41 Å². The van der Waals surface area contributed by atoms with E-state index >= 15 is 0 Å². The summed E-state index contributed by atoms with van der Waals surface area (Å²) in [5.41, 5.74) is 7.56. The van der Waals surface area contributed by atoms with Gasteiger partial charge in [0, 0.05) is 12.0 Å². The molecule has 2 atom stereocenters. The van der Waals surface area contributed by atoms with Crippen LogP contribution in [0.3, 0.4) is 0 Å². The van der Waals surface area contributed by atoms with Gasteiger partial charge in [0.2, 0.25) is 0 Å². The van der Waals surface area contributed by atoms with Crippen LogP contribution in [0.1, 0.15) is 25.3 Å². The van der Waals surface area contributed by atoms with E-state index < -0.39 is 0 Å². The molecule has 0 unspecified atom stereocenters. The predicted octanol–water partition coefficient (Wildman–Crippen LogP) is 2.15. The minimum Gasteiger partial charge on any atom is -0.497 e. The summed E-state index contributed by atoms with van der Waals surface area (Å²) < 4.78 is 5.20. The van der Waals surface area contributed by atoms with Crippen LogP contribution in [0.4, 0.5) is 0 Å². The zero-order valence-electron chi connectivity index (χ0n) is 8.95. The zero-order chi connectivity index (χ0) is 10.3. The van der Waals surface area contributed by atoms with Gasteiger partial charge in [-0.15, -0.1) is 0 Å². The van der Waals surface area contributed by atoms with Crippen LogP contribution in [-0.2, 0) is 0 Å². The van der Waals surface area contributed by atoms with Crippen molar-refractivity contribution in [1.82, 2.24) is 0 Å². The fourth-order valence-corrected chi connectivity index (χ4v) is 2.15. The van der Waals surface area contributed by atoms with Crippen molar-refractivity contribution in [2.75, 3.05) is 7.11 Å². The quantitative estimate of drug-likeness (QED) is 0.777. The minimum atomic E-state index is 0.242. The van der Waals surface area contributed by atoms with E-state index in [1.807, 2.05) is 12.1 Å². The van der Waals surface area contributed by atoms with Crippen molar-refractivity contribution >= 4 is 0 Å². The molecule has 0 bridgehead atoms. The largest absolute Gasteiger partial charge is 0.497 e. The van der Waals surface area contributed by atoms with E-state index in [2.05, 4.69) is 26.0 Å². The molecule has 1 aliphatic carbocycles. The Kier molecular flexibility index (Phi) is 2.04. The Hall–Kier alpha value is -1.02. The molecule has 2 nitrogen and oxygen atoms in total. The van der Waals surface area contributed by atoms with E-state index in [-0.39, 0.29) is 11.5 Å². The Labute approximate surface area is 85.1 Å². The Bertz CT molecular complexity index is 346. The molecule has 1 aromatic carbocycles. The second-order valence-electron chi connectivity index (χ2n) is 4.60. The predicted molar refractivity (Wildman–Crippen MR) is 57.5 cm³/mol. The molecule has 0 spiro atoms. The van der Waals surface area contributed by atoms with Crippen molar-refractivity contribution in [3.8, 4) is 5.75 Å². The first-order valence-electron chi connectivity index (χ1n) is 4.97. The van der Waals surface area contributed by atoms with E-state index in [4.69, 9.17) is 10.5 Å². The second kappa shape index (κ2) is 2.99. The van der Waals surface area contributed by atoms with Gasteiger partial charge in [0.1, 0.15) is 5.75 Å². The molecule has 0 amide bonds. The van der Waals surface area contributed by atoms with Gasteiger partial charge in [-0.2, -0.15) is 0 Å². The summed E-state index contributed by atoms with van der Waals surface area (Å²) in [5.74, 6) is 1.40. The molecule has 2 N–H and O–H groups in total. The van der Waals surface area contributed by atoms with Crippen molar-refractivity contribution in [2.45, 2.75) is 25.8 Å². The van der Waals surface area contributed by atoms with E-state index in [1.54, 1.807) is 7.11 Å². The molecule has 1 aromatic rings. The summed E-state index contributed by atoms with van der Waals surface area (Å²) in [6.07, 6.45) is 0. The summed E-state index contributed by atoms with van der Waals surface area (Å²) >= 11 is 0. The number of ether oxygens (including phenoxy) is 1.